The molecule has 8 heteroatoms. The van der Waals surface area contributed by atoms with Crippen molar-refractivity contribution in [1.29, 1.82) is 0 Å². The van der Waals surface area contributed by atoms with Crippen LogP contribution in [0.1, 0.15) is 29.9 Å². The molecule has 1 amide bonds. The van der Waals surface area contributed by atoms with Gasteiger partial charge in [-0.15, -0.1) is 0 Å². The van der Waals surface area contributed by atoms with E-state index in [0.717, 1.165) is 29.7 Å². The van der Waals surface area contributed by atoms with E-state index in [-0.39, 0.29) is 17.4 Å². The van der Waals surface area contributed by atoms with Gasteiger partial charge in [-0.05, 0) is 61.1 Å². The molecule has 0 radical (unpaired) electrons. The van der Waals surface area contributed by atoms with Gasteiger partial charge in [-0.1, -0.05) is 24.3 Å². The molecular formula is C26H24FN5O2. The van der Waals surface area contributed by atoms with E-state index >= 15 is 0 Å². The van der Waals surface area contributed by atoms with Gasteiger partial charge in [0, 0.05) is 31.1 Å². The predicted octanol–water partition coefficient (Wildman–Crippen LogP) is 3.63. The number of aryl methyl sites for hydroxylation is 1. The molecule has 3 aliphatic heterocycles. The van der Waals surface area contributed by atoms with Crippen molar-refractivity contribution in [2.24, 2.45) is 4.99 Å². The Bertz CT molecular complexity index is 1270. The molecule has 5 rings (SSSR count). The lowest BCUT2D eigenvalue weighted by atomic mass is 9.89. The quantitative estimate of drug-likeness (QED) is 0.686. The van der Waals surface area contributed by atoms with E-state index in [1.165, 1.54) is 12.1 Å². The van der Waals surface area contributed by atoms with Crippen LogP contribution in [0.2, 0.25) is 0 Å². The van der Waals surface area contributed by atoms with E-state index in [4.69, 9.17) is 0 Å². The van der Waals surface area contributed by atoms with Gasteiger partial charge in [0.05, 0.1) is 0 Å². The van der Waals surface area contributed by atoms with E-state index in [0.29, 0.717) is 36.2 Å². The maximum atomic E-state index is 13.6. The maximum absolute atomic E-state index is 13.6. The molecule has 0 unspecified atom stereocenters. The minimum atomic E-state index is -0.245. The van der Waals surface area contributed by atoms with Crippen molar-refractivity contribution in [3.8, 4) is 0 Å². The average Bonchev–Trinajstić information content (AvgIpc) is 3.29. The molecule has 3 aliphatic rings. The number of rotatable bonds is 4. The summed E-state index contributed by atoms with van der Waals surface area (Å²) in [6.07, 6.45) is 4.72. The first-order valence-electron chi connectivity index (χ1n) is 11.2. The first kappa shape index (κ1) is 21.7. The minimum Gasteiger partial charge on any atom is -0.339 e. The zero-order valence-electron chi connectivity index (χ0n) is 18.7. The third-order valence-corrected chi connectivity index (χ3v) is 6.28. The molecule has 0 aromatic heterocycles. The van der Waals surface area contributed by atoms with Gasteiger partial charge in [-0.3, -0.25) is 10.2 Å². The van der Waals surface area contributed by atoms with Crippen LogP contribution in [0.3, 0.4) is 0 Å². The van der Waals surface area contributed by atoms with Gasteiger partial charge < -0.3 is 10.2 Å². The molecule has 0 aliphatic carbocycles. The number of amides is 1. The summed E-state index contributed by atoms with van der Waals surface area (Å²) >= 11 is 0. The maximum Gasteiger partial charge on any atom is 0.259 e. The molecule has 0 spiro atoms. The van der Waals surface area contributed by atoms with E-state index in [9.17, 15) is 14.0 Å². The van der Waals surface area contributed by atoms with Crippen LogP contribution in [0.4, 0.5) is 10.1 Å². The second kappa shape index (κ2) is 9.00. The van der Waals surface area contributed by atoms with Crippen LogP contribution in [0.15, 0.2) is 82.5 Å². The molecule has 2 aromatic rings. The third-order valence-electron chi connectivity index (χ3n) is 6.28. The van der Waals surface area contributed by atoms with Gasteiger partial charge in [0.25, 0.3) is 5.91 Å². The number of hydrogen-bond acceptors (Lipinski definition) is 6. The number of carbonyl (C=O) groups excluding carboxylic acids is 2. The highest BCUT2D eigenvalue weighted by Crippen LogP contribution is 2.31. The topological polar surface area (TPSA) is 77.0 Å². The van der Waals surface area contributed by atoms with Gasteiger partial charge in [-0.25, -0.2) is 19.2 Å². The molecule has 0 atom stereocenters. The number of nitrogens with zero attached hydrogens (tertiary/aromatic N) is 3. The van der Waals surface area contributed by atoms with E-state index in [1.54, 1.807) is 17.3 Å². The van der Waals surface area contributed by atoms with Gasteiger partial charge in [-0.2, -0.15) is 0 Å². The predicted molar refractivity (Wildman–Crippen MR) is 128 cm³/mol. The summed E-state index contributed by atoms with van der Waals surface area (Å²) in [6.45, 7) is 3.17. The summed E-state index contributed by atoms with van der Waals surface area (Å²) in [5.74, 6) is 2.75. The fourth-order valence-corrected chi connectivity index (χ4v) is 4.49. The van der Waals surface area contributed by atoms with Crippen LogP contribution in [0, 0.1) is 12.7 Å². The number of nitrogens with one attached hydrogen (secondary N) is 2. The Balaban J connectivity index is 1.39. The second-order valence-electron chi connectivity index (χ2n) is 8.60. The highest BCUT2D eigenvalue weighted by molar-refractivity contribution is 6.14. The summed E-state index contributed by atoms with van der Waals surface area (Å²) in [7, 11) is 0. The Morgan fingerprint density at radius 2 is 1.94 bits per heavy atom. The van der Waals surface area contributed by atoms with Crippen molar-refractivity contribution < 1.29 is 14.0 Å². The Morgan fingerprint density at radius 3 is 2.65 bits per heavy atom. The van der Waals surface area contributed by atoms with Crippen molar-refractivity contribution in [2.45, 2.75) is 25.7 Å². The standard InChI is InChI=1S/C26H24FN5O2/c1-17-3-2-4-21(13-17)29-25-23(15-28-24-14-22(16-33)30-32(24)25)26(34)31-11-9-19(10-12-31)18-5-7-20(27)8-6-18/h2-8,13-15,19,29-30H,9-12H2,1H3. The van der Waals surface area contributed by atoms with E-state index in [1.807, 2.05) is 54.2 Å². The van der Waals surface area contributed by atoms with Crippen molar-refractivity contribution in [2.75, 3.05) is 18.4 Å². The molecule has 2 N–H and O–H groups in total. The van der Waals surface area contributed by atoms with Crippen molar-refractivity contribution in [1.82, 2.24) is 15.3 Å². The lowest BCUT2D eigenvalue weighted by Gasteiger charge is -2.34. The molecule has 172 valence electrons. The molecule has 7 nitrogen and oxygen atoms in total. The van der Waals surface area contributed by atoms with Crippen molar-refractivity contribution >= 4 is 23.8 Å². The van der Waals surface area contributed by atoms with Crippen molar-refractivity contribution in [3.05, 3.63) is 94.5 Å². The first-order chi connectivity index (χ1) is 16.5. The number of carbonyl (C=O) groups is 1. The molecule has 34 heavy (non-hydrogen) atoms. The second-order valence-corrected chi connectivity index (χ2v) is 8.60. The zero-order valence-corrected chi connectivity index (χ0v) is 18.7. The van der Waals surface area contributed by atoms with Crippen LogP contribution in [0.5, 0.6) is 0 Å². The number of fused-ring (bicyclic) bond motifs is 1. The number of halogens is 1. The largest absolute Gasteiger partial charge is 0.339 e. The molecule has 0 saturated carbocycles. The fraction of sp³-hybridized carbons (Fsp3) is 0.231. The number of likely N-dealkylation sites (tertiary alicyclic amines) is 1. The lowest BCUT2D eigenvalue weighted by molar-refractivity contribution is -0.127. The SMILES string of the molecule is Cc1cccc(NC2=C(C(=O)N3CCC(c4ccc(F)cc4)CC3)C=NC3=CC(=C=O)NN32)c1. The molecule has 1 fully saturated rings. The Morgan fingerprint density at radius 1 is 1.18 bits per heavy atom. The summed E-state index contributed by atoms with van der Waals surface area (Å²) in [5, 5.41) is 4.93. The van der Waals surface area contributed by atoms with Crippen LogP contribution in [0.25, 0.3) is 0 Å². The van der Waals surface area contributed by atoms with Crippen LogP contribution >= 0.6 is 0 Å². The van der Waals surface area contributed by atoms with E-state index in [2.05, 4.69) is 15.7 Å². The van der Waals surface area contributed by atoms with Gasteiger partial charge in [0.1, 0.15) is 22.9 Å². The van der Waals surface area contributed by atoms with Crippen molar-refractivity contribution in [3.63, 3.8) is 0 Å². The first-order valence-corrected chi connectivity index (χ1v) is 11.2. The van der Waals surface area contributed by atoms with Crippen LogP contribution < -0.4 is 10.7 Å². The number of hydrazine groups is 1. The molecule has 0 bridgehead atoms. The Kier molecular flexibility index (Phi) is 5.74. The lowest BCUT2D eigenvalue weighted by Crippen LogP contribution is -2.43. The molecule has 1 saturated heterocycles. The summed E-state index contributed by atoms with van der Waals surface area (Å²) in [5.41, 5.74) is 6.57. The smallest absolute Gasteiger partial charge is 0.259 e. The summed E-state index contributed by atoms with van der Waals surface area (Å²) in [4.78, 5) is 31.0. The minimum absolute atomic E-state index is 0.138. The van der Waals surface area contributed by atoms with Gasteiger partial charge in [0.2, 0.25) is 0 Å². The number of hydrogen-bond donors (Lipinski definition) is 2. The normalized spacial score (nSPS) is 17.8. The highest BCUT2D eigenvalue weighted by Gasteiger charge is 2.33. The van der Waals surface area contributed by atoms with E-state index < -0.39 is 0 Å². The Hall–Kier alpha value is -4.16. The number of allylic oxidation sites excluding steroid dienone is 1. The molecule has 2 aromatic carbocycles. The summed E-state index contributed by atoms with van der Waals surface area (Å²) in [6, 6.07) is 14.4. The number of anilines is 1. The van der Waals surface area contributed by atoms with Gasteiger partial charge >= 0.3 is 0 Å². The number of aliphatic imine (C=N–C) groups is 1. The third kappa shape index (κ3) is 4.23. The number of benzene rings is 2. The summed E-state index contributed by atoms with van der Waals surface area (Å²) < 4.78 is 13.3. The van der Waals surface area contributed by atoms with Crippen LogP contribution in [-0.4, -0.2) is 41.1 Å². The molecular weight excluding hydrogens is 433 g/mol. The number of piperidine rings is 1. The fourth-order valence-electron chi connectivity index (χ4n) is 4.49. The highest BCUT2D eigenvalue weighted by atomic mass is 19.1. The van der Waals surface area contributed by atoms with Crippen LogP contribution in [-0.2, 0) is 9.59 Å². The monoisotopic (exact) mass is 457 g/mol. The zero-order chi connectivity index (χ0) is 23.7. The Labute approximate surface area is 196 Å². The van der Waals surface area contributed by atoms with Gasteiger partial charge in [0.15, 0.2) is 11.8 Å². The average molecular weight is 458 g/mol. The molecule has 3 heterocycles.